The average molecular weight is 479 g/mol. The molecule has 0 saturated carbocycles. The Morgan fingerprint density at radius 1 is 0.424 bits per heavy atom. The van der Waals surface area contributed by atoms with Gasteiger partial charge in [0, 0.05) is 0 Å². The van der Waals surface area contributed by atoms with Gasteiger partial charge >= 0.3 is 5.66 Å². The fraction of sp³-hybridized carbons (Fsp3) is 0.0400. The molecule has 0 unspecified atom stereocenters. The summed E-state index contributed by atoms with van der Waals surface area (Å²) in [4.78, 5) is 0. The van der Waals surface area contributed by atoms with Gasteiger partial charge in [0.05, 0.1) is 0 Å². The Kier molecular flexibility index (Phi) is 6.02. The van der Waals surface area contributed by atoms with Crippen molar-refractivity contribution in [1.82, 2.24) is 0 Å². The van der Waals surface area contributed by atoms with Gasteiger partial charge in [-0.25, -0.2) is 22.0 Å². The van der Waals surface area contributed by atoms with Crippen molar-refractivity contribution in [2.75, 3.05) is 0 Å². The number of benzene rings is 4. The smallest absolute Gasteiger partial charge is 0.203 e. The molecule has 4 rings (SSSR count). The maximum atomic E-state index is 16.7. The molecule has 0 amide bonds. The molecule has 33 heavy (non-hydrogen) atoms. The van der Waals surface area contributed by atoms with Crippen molar-refractivity contribution in [3.63, 3.8) is 0 Å². The molecule has 0 radical (unpaired) electrons. The van der Waals surface area contributed by atoms with Crippen molar-refractivity contribution >= 4 is 23.2 Å². The predicted molar refractivity (Wildman–Crippen MR) is 115 cm³/mol. The number of rotatable bonds is 5. The molecule has 0 bridgehead atoms. The lowest BCUT2D eigenvalue weighted by Crippen LogP contribution is -2.42. The highest BCUT2D eigenvalue weighted by Gasteiger charge is 2.69. The molecule has 0 saturated heterocycles. The monoisotopic (exact) mass is 479 g/mol. The SMILES string of the molecule is Fc1c(F)c(F)c(C(F)(F)[P+](c2ccccc2)(c2ccccc2)c2ccccc2)c(F)c1F. The summed E-state index contributed by atoms with van der Waals surface area (Å²) < 4.78 is 105. The van der Waals surface area contributed by atoms with E-state index in [4.69, 9.17) is 0 Å². The second kappa shape index (κ2) is 8.64. The van der Waals surface area contributed by atoms with Gasteiger partial charge in [-0.15, -0.1) is 0 Å². The van der Waals surface area contributed by atoms with Gasteiger partial charge in [-0.3, -0.25) is 0 Å². The highest BCUT2D eigenvalue weighted by molar-refractivity contribution is 7.96. The molecular formula is C25H15F7P+. The van der Waals surface area contributed by atoms with Crippen LogP contribution in [0.3, 0.4) is 0 Å². The first-order valence-corrected chi connectivity index (χ1v) is 11.5. The van der Waals surface area contributed by atoms with Crippen LogP contribution in [0.4, 0.5) is 30.7 Å². The van der Waals surface area contributed by atoms with Crippen LogP contribution < -0.4 is 15.9 Å². The molecule has 0 spiro atoms. The molecule has 0 aliphatic carbocycles. The van der Waals surface area contributed by atoms with E-state index in [1.807, 2.05) is 0 Å². The zero-order valence-corrected chi connectivity index (χ0v) is 17.6. The first-order valence-electron chi connectivity index (χ1n) is 9.70. The highest BCUT2D eigenvalue weighted by atomic mass is 31.2. The first kappa shape index (κ1) is 23.0. The molecule has 8 heteroatoms. The first-order chi connectivity index (χ1) is 15.7. The number of alkyl halides is 2. The standard InChI is InChI=1S/C25H15F7P/c26-20-19(21(27)23(29)24(30)22(20)28)25(31,32)33(16-10-4-1-5-11-16,17-12-6-2-7-13-17)18-14-8-3-9-15-18/h1-15H/q+1. The fourth-order valence-corrected chi connectivity index (χ4v) is 8.18. The second-order valence-electron chi connectivity index (χ2n) is 7.16. The Balaban J connectivity index is 2.22. The molecule has 0 nitrogen and oxygen atoms in total. The largest absolute Gasteiger partial charge is 0.399 e. The van der Waals surface area contributed by atoms with Gasteiger partial charge < -0.3 is 0 Å². The van der Waals surface area contributed by atoms with Crippen molar-refractivity contribution in [3.8, 4) is 0 Å². The Labute approximate surface area is 185 Å². The van der Waals surface area contributed by atoms with Crippen LogP contribution in [-0.4, -0.2) is 0 Å². The summed E-state index contributed by atoms with van der Waals surface area (Å²) >= 11 is 0. The van der Waals surface area contributed by atoms with Crippen LogP contribution in [0.2, 0.25) is 0 Å². The van der Waals surface area contributed by atoms with E-state index in [9.17, 15) is 22.0 Å². The van der Waals surface area contributed by atoms with Crippen LogP contribution in [0.25, 0.3) is 0 Å². The lowest BCUT2D eigenvalue weighted by atomic mass is 10.1. The summed E-state index contributed by atoms with van der Waals surface area (Å²) in [6.07, 6.45) is 0. The van der Waals surface area contributed by atoms with Crippen LogP contribution in [0.5, 0.6) is 0 Å². The third-order valence-electron chi connectivity index (χ3n) is 5.36. The van der Waals surface area contributed by atoms with Crippen LogP contribution in [0, 0.1) is 29.1 Å². The lowest BCUT2D eigenvalue weighted by Gasteiger charge is -2.34. The van der Waals surface area contributed by atoms with Crippen molar-refractivity contribution in [3.05, 3.63) is 126 Å². The third-order valence-corrected chi connectivity index (χ3v) is 9.65. The van der Waals surface area contributed by atoms with E-state index in [-0.39, 0.29) is 15.9 Å². The van der Waals surface area contributed by atoms with Crippen molar-refractivity contribution in [2.45, 2.75) is 5.66 Å². The minimum absolute atomic E-state index is 0.0105. The maximum absolute atomic E-state index is 16.7. The molecule has 0 aliphatic heterocycles. The van der Waals surface area contributed by atoms with E-state index >= 15 is 8.78 Å². The van der Waals surface area contributed by atoms with Crippen LogP contribution in [-0.2, 0) is 5.66 Å². The van der Waals surface area contributed by atoms with E-state index in [1.165, 1.54) is 72.8 Å². The van der Waals surface area contributed by atoms with Crippen LogP contribution in [0.1, 0.15) is 5.56 Å². The Hall–Kier alpha value is -3.18. The van der Waals surface area contributed by atoms with E-state index in [1.54, 1.807) is 18.2 Å². The molecule has 4 aromatic rings. The topological polar surface area (TPSA) is 0 Å². The van der Waals surface area contributed by atoms with E-state index < -0.39 is 47.6 Å². The predicted octanol–water partition coefficient (Wildman–Crippen LogP) is 6.43. The molecule has 0 heterocycles. The molecule has 4 aromatic carbocycles. The van der Waals surface area contributed by atoms with Gasteiger partial charge in [0.15, 0.2) is 30.5 Å². The summed E-state index contributed by atoms with van der Waals surface area (Å²) in [6.45, 7) is 0. The summed E-state index contributed by atoms with van der Waals surface area (Å²) in [5.74, 6) is -12.4. The quantitative estimate of drug-likeness (QED) is 0.134. The molecule has 0 atom stereocenters. The molecule has 0 fully saturated rings. The highest BCUT2D eigenvalue weighted by Crippen LogP contribution is 2.72. The number of hydrogen-bond acceptors (Lipinski definition) is 0. The van der Waals surface area contributed by atoms with Gasteiger partial charge in [0.2, 0.25) is 5.82 Å². The Morgan fingerprint density at radius 3 is 1.00 bits per heavy atom. The van der Waals surface area contributed by atoms with Crippen molar-refractivity contribution in [2.24, 2.45) is 0 Å². The van der Waals surface area contributed by atoms with Crippen molar-refractivity contribution in [1.29, 1.82) is 0 Å². The summed E-state index contributed by atoms with van der Waals surface area (Å²) in [5.41, 5.74) is -6.66. The second-order valence-corrected chi connectivity index (χ2v) is 10.6. The Bertz CT molecular complexity index is 1150. The van der Waals surface area contributed by atoms with Gasteiger partial charge in [0.25, 0.3) is 0 Å². The van der Waals surface area contributed by atoms with E-state index in [0.717, 1.165) is 0 Å². The van der Waals surface area contributed by atoms with Crippen LogP contribution >= 0.6 is 7.26 Å². The Morgan fingerprint density at radius 2 is 0.697 bits per heavy atom. The maximum Gasteiger partial charge on any atom is 0.399 e. The lowest BCUT2D eigenvalue weighted by molar-refractivity contribution is 0.0847. The van der Waals surface area contributed by atoms with Gasteiger partial charge in [0.1, 0.15) is 21.5 Å². The van der Waals surface area contributed by atoms with Gasteiger partial charge in [-0.2, -0.15) is 8.78 Å². The molecule has 0 aromatic heterocycles. The third kappa shape index (κ3) is 3.42. The minimum Gasteiger partial charge on any atom is -0.203 e. The molecular weight excluding hydrogens is 464 g/mol. The van der Waals surface area contributed by atoms with E-state index in [2.05, 4.69) is 0 Å². The summed E-state index contributed by atoms with van der Waals surface area (Å²) in [7, 11) is -4.36. The average Bonchev–Trinajstić information content (AvgIpc) is 2.84. The zero-order chi connectivity index (χ0) is 23.8. The summed E-state index contributed by atoms with van der Waals surface area (Å²) in [5, 5.41) is 0.0315. The fourth-order valence-electron chi connectivity index (χ4n) is 3.93. The minimum atomic E-state index is -4.51. The normalized spacial score (nSPS) is 12.1. The molecule has 168 valence electrons. The number of hydrogen-bond donors (Lipinski definition) is 0. The van der Waals surface area contributed by atoms with Gasteiger partial charge in [-0.1, -0.05) is 54.6 Å². The zero-order valence-electron chi connectivity index (χ0n) is 16.8. The van der Waals surface area contributed by atoms with Crippen LogP contribution in [0.15, 0.2) is 91.0 Å². The van der Waals surface area contributed by atoms with E-state index in [0.29, 0.717) is 0 Å². The van der Waals surface area contributed by atoms with Crippen molar-refractivity contribution < 1.29 is 30.7 Å². The van der Waals surface area contributed by atoms with Gasteiger partial charge in [-0.05, 0) is 36.4 Å². The molecule has 0 aliphatic rings. The molecule has 0 N–H and O–H groups in total. The summed E-state index contributed by atoms with van der Waals surface area (Å²) in [6, 6.07) is 21.8. The number of halogens is 7.